The van der Waals surface area contributed by atoms with E-state index in [-0.39, 0.29) is 17.7 Å². The minimum absolute atomic E-state index is 0.0415. The van der Waals surface area contributed by atoms with E-state index in [0.717, 1.165) is 18.4 Å². The molecule has 3 N–H and O–H groups in total. The summed E-state index contributed by atoms with van der Waals surface area (Å²) < 4.78 is 0. The normalized spacial score (nSPS) is 20.0. The summed E-state index contributed by atoms with van der Waals surface area (Å²) in [6.45, 7) is 3.04. The predicted octanol–water partition coefficient (Wildman–Crippen LogP) is 2.25. The lowest BCUT2D eigenvalue weighted by Gasteiger charge is -2.32. The molecule has 0 radical (unpaired) electrons. The molecule has 0 aromatic heterocycles. The van der Waals surface area contributed by atoms with Crippen molar-refractivity contribution in [3.05, 3.63) is 34.3 Å². The van der Waals surface area contributed by atoms with E-state index in [0.29, 0.717) is 23.7 Å². The number of piperidine rings is 1. The lowest BCUT2D eigenvalue weighted by molar-refractivity contribution is 0.0701. The number of oxime groups is 1. The largest absolute Gasteiger partial charge is 0.409 e. The molecule has 6 heteroatoms. The summed E-state index contributed by atoms with van der Waals surface area (Å²) in [7, 11) is 0. The molecule has 1 atom stereocenters. The van der Waals surface area contributed by atoms with Crippen molar-refractivity contribution in [2.75, 3.05) is 13.1 Å². The number of halogens is 1. The SMILES string of the molecule is Cc1cc(C(=O)N2CCCC(/C(N)=N/O)C2)ccc1Cl. The monoisotopic (exact) mass is 295 g/mol. The van der Waals surface area contributed by atoms with Gasteiger partial charge in [-0.05, 0) is 43.5 Å². The molecule has 0 aliphatic carbocycles. The highest BCUT2D eigenvalue weighted by atomic mass is 35.5. The molecule has 1 fully saturated rings. The number of likely N-dealkylation sites (tertiary alicyclic amines) is 1. The molecule has 1 aliphatic heterocycles. The topological polar surface area (TPSA) is 78.9 Å². The highest BCUT2D eigenvalue weighted by Gasteiger charge is 2.27. The number of amidine groups is 1. The van der Waals surface area contributed by atoms with Crippen LogP contribution in [-0.4, -0.2) is 34.9 Å². The molecule has 0 saturated carbocycles. The van der Waals surface area contributed by atoms with Crippen molar-refractivity contribution >= 4 is 23.3 Å². The Morgan fingerprint density at radius 1 is 1.55 bits per heavy atom. The summed E-state index contributed by atoms with van der Waals surface area (Å²) in [5.74, 6) is 0.0705. The first kappa shape index (κ1) is 14.7. The first-order valence-corrected chi connectivity index (χ1v) is 6.93. The molecule has 2 rings (SSSR count). The molecule has 1 aromatic carbocycles. The molecule has 108 valence electrons. The van der Waals surface area contributed by atoms with Crippen LogP contribution in [0.25, 0.3) is 0 Å². The van der Waals surface area contributed by atoms with E-state index >= 15 is 0 Å². The molecule has 5 nitrogen and oxygen atoms in total. The van der Waals surface area contributed by atoms with Crippen LogP contribution in [0.3, 0.4) is 0 Å². The van der Waals surface area contributed by atoms with Crippen molar-refractivity contribution in [1.29, 1.82) is 0 Å². The molecule has 1 saturated heterocycles. The zero-order chi connectivity index (χ0) is 14.7. The summed E-state index contributed by atoms with van der Waals surface area (Å²) in [4.78, 5) is 14.2. The van der Waals surface area contributed by atoms with E-state index in [9.17, 15) is 4.79 Å². The number of hydrogen-bond donors (Lipinski definition) is 2. The average molecular weight is 296 g/mol. The fraction of sp³-hybridized carbons (Fsp3) is 0.429. The van der Waals surface area contributed by atoms with E-state index < -0.39 is 0 Å². The van der Waals surface area contributed by atoms with Crippen LogP contribution in [-0.2, 0) is 0 Å². The van der Waals surface area contributed by atoms with Crippen molar-refractivity contribution in [3.63, 3.8) is 0 Å². The summed E-state index contributed by atoms with van der Waals surface area (Å²) in [5, 5.41) is 12.4. The van der Waals surface area contributed by atoms with Gasteiger partial charge in [-0.25, -0.2) is 0 Å². The Morgan fingerprint density at radius 3 is 2.95 bits per heavy atom. The molecule has 0 spiro atoms. The Balaban J connectivity index is 2.14. The van der Waals surface area contributed by atoms with Gasteiger partial charge in [0.2, 0.25) is 0 Å². The number of rotatable bonds is 2. The highest BCUT2D eigenvalue weighted by molar-refractivity contribution is 6.31. The summed E-state index contributed by atoms with van der Waals surface area (Å²) in [6, 6.07) is 5.25. The molecule has 1 aliphatic rings. The van der Waals surface area contributed by atoms with Crippen molar-refractivity contribution in [3.8, 4) is 0 Å². The van der Waals surface area contributed by atoms with Gasteiger partial charge in [0.05, 0.1) is 0 Å². The van der Waals surface area contributed by atoms with E-state index in [1.807, 2.05) is 6.92 Å². The van der Waals surface area contributed by atoms with Crippen LogP contribution in [0.4, 0.5) is 0 Å². The van der Waals surface area contributed by atoms with Crippen LogP contribution >= 0.6 is 11.6 Å². The molecular weight excluding hydrogens is 278 g/mol. The second kappa shape index (κ2) is 6.13. The Labute approximate surface area is 123 Å². The van der Waals surface area contributed by atoms with Crippen molar-refractivity contribution in [1.82, 2.24) is 4.90 Å². The van der Waals surface area contributed by atoms with Crippen molar-refractivity contribution in [2.45, 2.75) is 19.8 Å². The summed E-state index contributed by atoms with van der Waals surface area (Å²) >= 11 is 5.97. The molecule has 1 amide bonds. The van der Waals surface area contributed by atoms with Gasteiger partial charge in [-0.15, -0.1) is 0 Å². The first-order valence-electron chi connectivity index (χ1n) is 6.55. The zero-order valence-corrected chi connectivity index (χ0v) is 12.1. The van der Waals surface area contributed by atoms with Crippen molar-refractivity contribution in [2.24, 2.45) is 16.8 Å². The smallest absolute Gasteiger partial charge is 0.253 e. The van der Waals surface area contributed by atoms with Crippen LogP contribution in [0.1, 0.15) is 28.8 Å². The molecule has 1 aromatic rings. The maximum atomic E-state index is 12.5. The quantitative estimate of drug-likeness (QED) is 0.380. The van der Waals surface area contributed by atoms with Gasteiger partial charge in [0, 0.05) is 29.6 Å². The van der Waals surface area contributed by atoms with Crippen LogP contribution in [0.2, 0.25) is 5.02 Å². The summed E-state index contributed by atoms with van der Waals surface area (Å²) in [6.07, 6.45) is 1.68. The minimum Gasteiger partial charge on any atom is -0.409 e. The fourth-order valence-corrected chi connectivity index (χ4v) is 2.56. The van der Waals surface area contributed by atoms with E-state index in [1.165, 1.54) is 0 Å². The second-order valence-electron chi connectivity index (χ2n) is 5.08. The van der Waals surface area contributed by atoms with Crippen molar-refractivity contribution < 1.29 is 10.0 Å². The number of amides is 1. The highest BCUT2D eigenvalue weighted by Crippen LogP contribution is 2.21. The van der Waals surface area contributed by atoms with Gasteiger partial charge in [0.1, 0.15) is 5.84 Å². The van der Waals surface area contributed by atoms with Crippen LogP contribution in [0.5, 0.6) is 0 Å². The lowest BCUT2D eigenvalue weighted by Crippen LogP contribution is -2.44. The third-order valence-electron chi connectivity index (χ3n) is 3.65. The van der Waals surface area contributed by atoms with Gasteiger partial charge in [0.25, 0.3) is 5.91 Å². The van der Waals surface area contributed by atoms with Gasteiger partial charge in [-0.2, -0.15) is 0 Å². The third kappa shape index (κ3) is 3.04. The second-order valence-corrected chi connectivity index (χ2v) is 5.49. The molecule has 20 heavy (non-hydrogen) atoms. The van der Waals surface area contributed by atoms with Crippen LogP contribution in [0, 0.1) is 12.8 Å². The minimum atomic E-state index is -0.0777. The fourth-order valence-electron chi connectivity index (χ4n) is 2.44. The number of benzene rings is 1. The van der Waals surface area contributed by atoms with Gasteiger partial charge < -0.3 is 15.8 Å². The Kier molecular flexibility index (Phi) is 4.49. The van der Waals surface area contributed by atoms with Gasteiger partial charge in [-0.3, -0.25) is 4.79 Å². The Morgan fingerprint density at radius 2 is 2.30 bits per heavy atom. The van der Waals surface area contributed by atoms with E-state index in [2.05, 4.69) is 5.16 Å². The molecule has 1 heterocycles. The van der Waals surface area contributed by atoms with E-state index in [4.69, 9.17) is 22.5 Å². The van der Waals surface area contributed by atoms with Gasteiger partial charge >= 0.3 is 0 Å². The number of nitrogens with two attached hydrogens (primary N) is 1. The van der Waals surface area contributed by atoms with E-state index in [1.54, 1.807) is 23.1 Å². The molecule has 1 unspecified atom stereocenters. The van der Waals surface area contributed by atoms with Gasteiger partial charge in [-0.1, -0.05) is 16.8 Å². The van der Waals surface area contributed by atoms with Gasteiger partial charge in [0.15, 0.2) is 0 Å². The average Bonchev–Trinajstić information content (AvgIpc) is 2.48. The first-order chi connectivity index (χ1) is 9.52. The number of aryl methyl sites for hydroxylation is 1. The maximum absolute atomic E-state index is 12.5. The number of carbonyl (C=O) groups excluding carboxylic acids is 1. The van der Waals surface area contributed by atoms with Crippen LogP contribution < -0.4 is 5.73 Å². The standard InChI is InChI=1S/C14H18ClN3O2/c1-9-7-10(4-5-12(9)15)14(19)18-6-2-3-11(8-18)13(16)17-20/h4-5,7,11,20H,2-3,6,8H2,1H3,(H2,16,17). The molecular formula is C14H18ClN3O2. The maximum Gasteiger partial charge on any atom is 0.253 e. The third-order valence-corrected chi connectivity index (χ3v) is 4.07. The predicted molar refractivity (Wildman–Crippen MR) is 78.2 cm³/mol. The Hall–Kier alpha value is -1.75. The number of nitrogens with zero attached hydrogens (tertiary/aromatic N) is 2. The van der Waals surface area contributed by atoms with Crippen LogP contribution in [0.15, 0.2) is 23.4 Å². The zero-order valence-electron chi connectivity index (χ0n) is 11.3. The summed E-state index contributed by atoms with van der Waals surface area (Å²) in [5.41, 5.74) is 7.13. The Bertz CT molecular complexity index is 545. The molecule has 0 bridgehead atoms. The number of hydrogen-bond acceptors (Lipinski definition) is 3. The lowest BCUT2D eigenvalue weighted by atomic mass is 9.96. The number of carbonyl (C=O) groups is 1.